The number of aryl methyl sites for hydroxylation is 1. The number of benzene rings is 1. The fraction of sp³-hybridized carbons (Fsp3) is 0.346. The van der Waals surface area contributed by atoms with Crippen LogP contribution in [0.25, 0.3) is 22.0 Å². The molecular weight excluding hydrogens is 566 g/mol. The van der Waals surface area contributed by atoms with E-state index in [1.54, 1.807) is 25.5 Å². The third-order valence-electron chi connectivity index (χ3n) is 6.73. The molecule has 0 bridgehead atoms. The molecule has 4 N–H and O–H groups in total. The van der Waals surface area contributed by atoms with Crippen LogP contribution in [0.3, 0.4) is 0 Å². The molecule has 41 heavy (non-hydrogen) atoms. The van der Waals surface area contributed by atoms with Crippen molar-refractivity contribution in [2.45, 2.75) is 24.1 Å². The number of nitrogen functional groups attached to an aromatic ring is 1. The van der Waals surface area contributed by atoms with Crippen LogP contribution in [0.1, 0.15) is 12.6 Å². The van der Waals surface area contributed by atoms with E-state index in [4.69, 9.17) is 5.73 Å². The molecule has 1 aliphatic rings. The number of nitrogens with two attached hydrogens (primary N) is 1. The van der Waals surface area contributed by atoms with Gasteiger partial charge in [-0.05, 0) is 32.0 Å². The first-order valence-electron chi connectivity index (χ1n) is 12.9. The Morgan fingerprint density at radius 3 is 2.63 bits per heavy atom. The van der Waals surface area contributed by atoms with Gasteiger partial charge in [-0.2, -0.15) is 4.31 Å². The molecule has 0 radical (unpaired) electrons. The second-order valence-corrected chi connectivity index (χ2v) is 12.8. The van der Waals surface area contributed by atoms with Gasteiger partial charge in [0, 0.05) is 61.5 Å². The molecule has 1 aliphatic heterocycles. The van der Waals surface area contributed by atoms with Crippen LogP contribution >= 0.6 is 11.3 Å². The maximum absolute atomic E-state index is 13.3. The molecule has 0 spiro atoms. The van der Waals surface area contributed by atoms with Gasteiger partial charge < -0.3 is 15.8 Å². The fourth-order valence-corrected chi connectivity index (χ4v) is 7.71. The summed E-state index contributed by atoms with van der Waals surface area (Å²) in [6.07, 6.45) is 2.58. The van der Waals surface area contributed by atoms with E-state index >= 15 is 0 Å². The van der Waals surface area contributed by atoms with Crippen LogP contribution in [-0.2, 0) is 14.8 Å². The van der Waals surface area contributed by atoms with Crippen LogP contribution in [0.2, 0.25) is 0 Å². The summed E-state index contributed by atoms with van der Waals surface area (Å²) in [6.45, 7) is 6.24. The number of para-hydroxylation sites is 1. The van der Waals surface area contributed by atoms with Crippen molar-refractivity contribution < 1.29 is 17.9 Å². The highest BCUT2D eigenvalue weighted by molar-refractivity contribution is 7.91. The first-order valence-corrected chi connectivity index (χ1v) is 15.2. The summed E-state index contributed by atoms with van der Waals surface area (Å²) >= 11 is 0.920. The van der Waals surface area contributed by atoms with Gasteiger partial charge in [0.05, 0.1) is 18.3 Å². The predicted octanol–water partition coefficient (Wildman–Crippen LogP) is 3.02. The van der Waals surface area contributed by atoms with E-state index in [-0.39, 0.29) is 15.4 Å². The number of hydrogen-bond donors (Lipinski definition) is 3. The number of amides is 1. The van der Waals surface area contributed by atoms with Crippen molar-refractivity contribution in [3.63, 3.8) is 0 Å². The number of hydrogen-bond acceptors (Lipinski definition) is 12. The van der Waals surface area contributed by atoms with E-state index < -0.39 is 16.1 Å². The third kappa shape index (κ3) is 6.22. The molecule has 1 aromatic carbocycles. The molecule has 5 rings (SSSR count). The summed E-state index contributed by atoms with van der Waals surface area (Å²) in [5.74, 6) is 1.19. The highest BCUT2D eigenvalue weighted by Gasteiger charge is 2.32. The minimum atomic E-state index is -3.74. The molecule has 4 aromatic rings. The lowest BCUT2D eigenvalue weighted by molar-refractivity contribution is 0.184. The van der Waals surface area contributed by atoms with Crippen molar-refractivity contribution in [1.29, 1.82) is 0 Å². The van der Waals surface area contributed by atoms with Crippen LogP contribution in [0.15, 0.2) is 47.1 Å². The molecule has 0 saturated carbocycles. The molecule has 1 saturated heterocycles. The summed E-state index contributed by atoms with van der Waals surface area (Å²) in [7, 11) is -2.51. The molecule has 1 amide bonds. The van der Waals surface area contributed by atoms with Gasteiger partial charge in [0.1, 0.15) is 18.0 Å². The van der Waals surface area contributed by atoms with E-state index in [1.807, 2.05) is 24.3 Å². The lowest BCUT2D eigenvalue weighted by Gasteiger charge is -2.35. The van der Waals surface area contributed by atoms with Crippen LogP contribution in [0, 0.1) is 6.92 Å². The summed E-state index contributed by atoms with van der Waals surface area (Å²) in [6, 6.07) is 9.66. The zero-order valence-corrected chi connectivity index (χ0v) is 24.5. The first kappa shape index (κ1) is 28.6. The number of nitrogens with zero attached hydrogens (tertiary/aromatic N) is 6. The van der Waals surface area contributed by atoms with Gasteiger partial charge in [-0.15, -0.1) is 0 Å². The van der Waals surface area contributed by atoms with Gasteiger partial charge in [0.15, 0.2) is 9.34 Å². The highest BCUT2D eigenvalue weighted by atomic mass is 32.2. The smallest absolute Gasteiger partial charge is 0.413 e. The molecule has 3 aromatic heterocycles. The lowest BCUT2D eigenvalue weighted by atomic mass is 10.0. The Balaban J connectivity index is 1.22. The Kier molecular flexibility index (Phi) is 8.30. The van der Waals surface area contributed by atoms with Crippen molar-refractivity contribution in [3.05, 3.63) is 48.5 Å². The summed E-state index contributed by atoms with van der Waals surface area (Å²) in [5.41, 5.74) is 8.76. The second-order valence-electron chi connectivity index (χ2n) is 9.65. The topological polar surface area (TPSA) is 169 Å². The van der Waals surface area contributed by atoms with Crippen molar-refractivity contribution in [3.8, 4) is 11.1 Å². The number of sulfonamides is 1. The first-order chi connectivity index (χ1) is 19.7. The number of nitrogens with one attached hydrogen (secondary N) is 2. The quantitative estimate of drug-likeness (QED) is 0.273. The SMILES string of the molecule is COC(=O)Nc1nc(C)c(S(=O)(=O)N2CCN(C[C@@H](C)Nc3ncnc4c(-c5ccc(N)nc5)cccc34)CC2)s1. The number of carbonyl (C=O) groups is 1. The van der Waals surface area contributed by atoms with Crippen LogP contribution < -0.4 is 16.4 Å². The molecule has 4 heterocycles. The number of rotatable bonds is 8. The van der Waals surface area contributed by atoms with Gasteiger partial charge in [-0.25, -0.2) is 33.1 Å². The zero-order chi connectivity index (χ0) is 29.1. The Labute approximate surface area is 241 Å². The Morgan fingerprint density at radius 1 is 1.15 bits per heavy atom. The van der Waals surface area contributed by atoms with E-state index in [9.17, 15) is 13.2 Å². The molecule has 1 fully saturated rings. The van der Waals surface area contributed by atoms with Crippen LogP contribution in [-0.4, -0.2) is 89.5 Å². The van der Waals surface area contributed by atoms with Gasteiger partial charge in [-0.1, -0.05) is 23.5 Å². The van der Waals surface area contributed by atoms with E-state index in [1.165, 1.54) is 11.4 Å². The number of fused-ring (bicyclic) bond motifs is 1. The summed E-state index contributed by atoms with van der Waals surface area (Å²) < 4.78 is 32.8. The number of piperazine rings is 1. The van der Waals surface area contributed by atoms with Crippen molar-refractivity contribution in [2.75, 3.05) is 56.2 Å². The number of carbonyl (C=O) groups excluding carboxylic acids is 1. The molecule has 216 valence electrons. The minimum Gasteiger partial charge on any atom is -0.453 e. The van der Waals surface area contributed by atoms with E-state index in [0.29, 0.717) is 44.2 Å². The Bertz CT molecular complexity index is 1650. The largest absolute Gasteiger partial charge is 0.453 e. The monoisotopic (exact) mass is 597 g/mol. The number of aromatic nitrogens is 4. The number of anilines is 3. The average molecular weight is 598 g/mol. The number of methoxy groups -OCH3 is 1. The average Bonchev–Trinajstić information content (AvgIpc) is 3.34. The maximum atomic E-state index is 13.3. The van der Waals surface area contributed by atoms with Crippen LogP contribution in [0.5, 0.6) is 0 Å². The third-order valence-corrected chi connectivity index (χ3v) is 10.3. The van der Waals surface area contributed by atoms with Gasteiger partial charge in [0.2, 0.25) is 0 Å². The molecular formula is C26H31N9O4S2. The van der Waals surface area contributed by atoms with Crippen molar-refractivity contribution in [2.24, 2.45) is 0 Å². The Hall–Kier alpha value is -3.92. The van der Waals surface area contributed by atoms with Crippen molar-refractivity contribution >= 4 is 55.1 Å². The molecule has 0 unspecified atom stereocenters. The number of ether oxygens (including phenoxy) is 1. The normalized spacial score (nSPS) is 15.5. The van der Waals surface area contributed by atoms with E-state index in [2.05, 4.69) is 47.1 Å². The number of pyridine rings is 1. The molecule has 1 atom stereocenters. The van der Waals surface area contributed by atoms with Gasteiger partial charge >= 0.3 is 6.09 Å². The molecule has 13 nitrogen and oxygen atoms in total. The highest BCUT2D eigenvalue weighted by Crippen LogP contribution is 2.31. The standard InChI is InChI=1S/C26H31N9O4S2/c1-16(31-23-20-6-4-5-19(22(20)29-15-30-23)18-7-8-21(27)28-13-18)14-34-9-11-35(12-10-34)41(37,38)24-17(2)32-25(40-24)33-26(36)39-3/h4-8,13,15-16H,9-12,14H2,1-3H3,(H2,27,28)(H,29,30,31)(H,32,33,36)/t16-/m1/s1. The van der Waals surface area contributed by atoms with Crippen molar-refractivity contribution in [1.82, 2.24) is 29.1 Å². The minimum absolute atomic E-state index is 0.0359. The zero-order valence-electron chi connectivity index (χ0n) is 22.9. The Morgan fingerprint density at radius 2 is 1.93 bits per heavy atom. The summed E-state index contributed by atoms with van der Waals surface area (Å²) in [5, 5.41) is 7.01. The molecule has 0 aliphatic carbocycles. The summed E-state index contributed by atoms with van der Waals surface area (Å²) in [4.78, 5) is 31.1. The number of thiazole rings is 1. The fourth-order valence-electron chi connectivity index (χ4n) is 4.75. The second kappa shape index (κ2) is 11.9. The van der Waals surface area contributed by atoms with E-state index in [0.717, 1.165) is 39.2 Å². The maximum Gasteiger partial charge on any atom is 0.413 e. The van der Waals surface area contributed by atoms with Crippen LogP contribution in [0.4, 0.5) is 21.6 Å². The predicted molar refractivity (Wildman–Crippen MR) is 158 cm³/mol. The molecule has 15 heteroatoms. The lowest BCUT2D eigenvalue weighted by Crippen LogP contribution is -2.50. The van der Waals surface area contributed by atoms with Gasteiger partial charge in [-0.3, -0.25) is 10.2 Å². The van der Waals surface area contributed by atoms with Gasteiger partial charge in [0.25, 0.3) is 10.0 Å².